The van der Waals surface area contributed by atoms with Gasteiger partial charge in [-0.15, -0.1) is 0 Å². The molecule has 5 heteroatoms. The summed E-state index contributed by atoms with van der Waals surface area (Å²) >= 11 is 0. The van der Waals surface area contributed by atoms with E-state index in [0.717, 1.165) is 36.7 Å². The molecule has 1 saturated carbocycles. The fourth-order valence-corrected chi connectivity index (χ4v) is 2.73. The third kappa shape index (κ3) is 3.39. The highest BCUT2D eigenvalue weighted by Crippen LogP contribution is 2.24. The monoisotopic (exact) mass is 276 g/mol. The summed E-state index contributed by atoms with van der Waals surface area (Å²) in [6.07, 6.45) is 5.18. The maximum absolute atomic E-state index is 5.23. The molecule has 1 aliphatic carbocycles. The Hall–Kier alpha value is -1.36. The average Bonchev–Trinajstić information content (AvgIpc) is 3.29. The van der Waals surface area contributed by atoms with E-state index in [0.29, 0.717) is 5.88 Å². The fraction of sp³-hybridized carbons (Fsp3) is 0.733. The van der Waals surface area contributed by atoms with Gasteiger partial charge in [-0.25, -0.2) is 4.98 Å². The van der Waals surface area contributed by atoms with Gasteiger partial charge in [-0.1, -0.05) is 0 Å². The Morgan fingerprint density at radius 3 is 2.65 bits per heavy atom. The van der Waals surface area contributed by atoms with Crippen molar-refractivity contribution >= 4 is 5.95 Å². The first-order valence-electron chi connectivity index (χ1n) is 7.62. The second-order valence-corrected chi connectivity index (χ2v) is 5.96. The molecule has 1 aromatic heterocycles. The Bertz CT molecular complexity index is 453. The molecule has 2 heterocycles. The molecular formula is C15H24N4O. The van der Waals surface area contributed by atoms with Crippen molar-refractivity contribution in [1.82, 2.24) is 15.3 Å². The van der Waals surface area contributed by atoms with Gasteiger partial charge in [0.25, 0.3) is 0 Å². The molecule has 3 rings (SSSR count). The van der Waals surface area contributed by atoms with Crippen molar-refractivity contribution in [3.05, 3.63) is 11.8 Å². The van der Waals surface area contributed by atoms with Crippen molar-refractivity contribution in [2.45, 2.75) is 38.6 Å². The van der Waals surface area contributed by atoms with Crippen molar-refractivity contribution in [3.8, 4) is 5.88 Å². The topological polar surface area (TPSA) is 50.3 Å². The van der Waals surface area contributed by atoms with Crippen LogP contribution in [0, 0.1) is 12.8 Å². The number of piperidine rings is 1. The molecule has 1 saturated heterocycles. The molecule has 0 spiro atoms. The number of hydrogen-bond donors (Lipinski definition) is 1. The lowest BCUT2D eigenvalue weighted by Gasteiger charge is -2.32. The molecule has 5 nitrogen and oxygen atoms in total. The van der Waals surface area contributed by atoms with Gasteiger partial charge in [0.2, 0.25) is 11.8 Å². The Morgan fingerprint density at radius 1 is 1.25 bits per heavy atom. The van der Waals surface area contributed by atoms with Crippen LogP contribution in [-0.2, 0) is 0 Å². The Balaban J connectivity index is 1.55. The van der Waals surface area contributed by atoms with Gasteiger partial charge < -0.3 is 15.0 Å². The molecule has 0 unspecified atom stereocenters. The lowest BCUT2D eigenvalue weighted by molar-refractivity contribution is 0.374. The smallest absolute Gasteiger partial charge is 0.228 e. The maximum Gasteiger partial charge on any atom is 0.228 e. The zero-order chi connectivity index (χ0) is 13.9. The van der Waals surface area contributed by atoms with E-state index < -0.39 is 0 Å². The van der Waals surface area contributed by atoms with Crippen LogP contribution in [0.4, 0.5) is 5.95 Å². The van der Waals surface area contributed by atoms with Gasteiger partial charge in [0.05, 0.1) is 7.11 Å². The van der Waals surface area contributed by atoms with E-state index >= 15 is 0 Å². The molecule has 2 fully saturated rings. The largest absolute Gasteiger partial charge is 0.481 e. The van der Waals surface area contributed by atoms with E-state index in [2.05, 4.69) is 20.2 Å². The molecule has 1 aliphatic heterocycles. The predicted octanol–water partition coefficient (Wildman–Crippen LogP) is 1.76. The Morgan fingerprint density at radius 2 is 2.00 bits per heavy atom. The van der Waals surface area contributed by atoms with Crippen molar-refractivity contribution in [2.24, 2.45) is 5.92 Å². The normalized spacial score (nSPS) is 20.2. The van der Waals surface area contributed by atoms with Crippen LogP contribution in [0.5, 0.6) is 5.88 Å². The van der Waals surface area contributed by atoms with Crippen LogP contribution < -0.4 is 15.0 Å². The van der Waals surface area contributed by atoms with E-state index in [4.69, 9.17) is 4.74 Å². The van der Waals surface area contributed by atoms with Crippen LogP contribution in [0.3, 0.4) is 0 Å². The fourth-order valence-electron chi connectivity index (χ4n) is 2.73. The number of methoxy groups -OCH3 is 1. The second-order valence-electron chi connectivity index (χ2n) is 5.96. The number of aromatic nitrogens is 2. The molecule has 0 radical (unpaired) electrons. The highest BCUT2D eigenvalue weighted by atomic mass is 16.5. The summed E-state index contributed by atoms with van der Waals surface area (Å²) < 4.78 is 5.23. The SMILES string of the molecule is COc1cc(C)nc(N2CCC(CNC3CC3)CC2)n1. The third-order valence-corrected chi connectivity index (χ3v) is 4.20. The van der Waals surface area contributed by atoms with Gasteiger partial charge in [-0.2, -0.15) is 4.98 Å². The van der Waals surface area contributed by atoms with Crippen LogP contribution in [-0.4, -0.2) is 42.8 Å². The zero-order valence-electron chi connectivity index (χ0n) is 12.4. The summed E-state index contributed by atoms with van der Waals surface area (Å²) in [6.45, 7) is 5.25. The van der Waals surface area contributed by atoms with E-state index in [1.54, 1.807) is 7.11 Å². The number of hydrogen-bond acceptors (Lipinski definition) is 5. The first-order valence-corrected chi connectivity index (χ1v) is 7.62. The standard InChI is InChI=1S/C15H24N4O/c1-11-9-14(20-2)18-15(17-11)19-7-5-12(6-8-19)10-16-13-3-4-13/h9,12-13,16H,3-8,10H2,1-2H3. The summed E-state index contributed by atoms with van der Waals surface area (Å²) in [5.41, 5.74) is 0.962. The summed E-state index contributed by atoms with van der Waals surface area (Å²) in [5, 5.41) is 3.64. The summed E-state index contributed by atoms with van der Waals surface area (Å²) in [7, 11) is 1.65. The number of nitrogens with one attached hydrogen (secondary N) is 1. The number of anilines is 1. The molecule has 110 valence electrons. The number of aryl methyl sites for hydroxylation is 1. The molecule has 0 amide bonds. The molecule has 1 N–H and O–H groups in total. The third-order valence-electron chi connectivity index (χ3n) is 4.20. The van der Waals surface area contributed by atoms with Crippen molar-refractivity contribution < 1.29 is 4.74 Å². The van der Waals surface area contributed by atoms with E-state index in [9.17, 15) is 0 Å². The van der Waals surface area contributed by atoms with E-state index in [-0.39, 0.29) is 0 Å². The van der Waals surface area contributed by atoms with Crippen molar-refractivity contribution in [1.29, 1.82) is 0 Å². The van der Waals surface area contributed by atoms with Crippen LogP contribution in [0.1, 0.15) is 31.4 Å². The lowest BCUT2D eigenvalue weighted by atomic mass is 9.97. The van der Waals surface area contributed by atoms with Gasteiger partial charge in [-0.05, 0) is 45.1 Å². The van der Waals surface area contributed by atoms with Gasteiger partial charge >= 0.3 is 0 Å². The van der Waals surface area contributed by atoms with Crippen molar-refractivity contribution in [3.63, 3.8) is 0 Å². The molecule has 0 atom stereocenters. The number of rotatable bonds is 5. The molecule has 0 bridgehead atoms. The van der Waals surface area contributed by atoms with Gasteiger partial charge in [0.15, 0.2) is 0 Å². The molecule has 2 aliphatic rings. The highest BCUT2D eigenvalue weighted by Gasteiger charge is 2.25. The van der Waals surface area contributed by atoms with Crippen LogP contribution in [0.25, 0.3) is 0 Å². The maximum atomic E-state index is 5.23. The van der Waals surface area contributed by atoms with Crippen LogP contribution >= 0.6 is 0 Å². The minimum Gasteiger partial charge on any atom is -0.481 e. The number of ether oxygens (including phenoxy) is 1. The molecular weight excluding hydrogens is 252 g/mol. The van der Waals surface area contributed by atoms with Gasteiger partial charge in [0.1, 0.15) is 0 Å². The highest BCUT2D eigenvalue weighted by molar-refractivity contribution is 5.34. The first-order chi connectivity index (χ1) is 9.74. The summed E-state index contributed by atoms with van der Waals surface area (Å²) in [6, 6.07) is 2.69. The quantitative estimate of drug-likeness (QED) is 0.888. The zero-order valence-corrected chi connectivity index (χ0v) is 12.4. The Labute approximate surface area is 120 Å². The second kappa shape index (κ2) is 5.95. The van der Waals surface area contributed by atoms with Crippen LogP contribution in [0.2, 0.25) is 0 Å². The van der Waals surface area contributed by atoms with E-state index in [1.807, 2.05) is 13.0 Å². The van der Waals surface area contributed by atoms with Crippen molar-refractivity contribution in [2.75, 3.05) is 31.6 Å². The van der Waals surface area contributed by atoms with Crippen LogP contribution in [0.15, 0.2) is 6.07 Å². The minimum atomic E-state index is 0.657. The molecule has 20 heavy (non-hydrogen) atoms. The predicted molar refractivity (Wildman–Crippen MR) is 79.3 cm³/mol. The minimum absolute atomic E-state index is 0.657. The molecule has 0 aromatic carbocycles. The van der Waals surface area contributed by atoms with Gasteiger partial charge in [0, 0.05) is 30.9 Å². The lowest BCUT2D eigenvalue weighted by Crippen LogP contribution is -2.38. The number of nitrogens with zero attached hydrogens (tertiary/aromatic N) is 3. The van der Waals surface area contributed by atoms with Gasteiger partial charge in [-0.3, -0.25) is 0 Å². The molecule has 1 aromatic rings. The summed E-state index contributed by atoms with van der Waals surface area (Å²) in [5.74, 6) is 2.28. The Kier molecular flexibility index (Phi) is 4.05. The van der Waals surface area contributed by atoms with E-state index in [1.165, 1.54) is 32.2 Å². The summed E-state index contributed by atoms with van der Waals surface area (Å²) in [4.78, 5) is 11.3. The first kappa shape index (κ1) is 13.6. The average molecular weight is 276 g/mol.